The molecule has 7 heteroatoms. The molecule has 0 bridgehead atoms. The second-order valence-corrected chi connectivity index (χ2v) is 12.3. The maximum absolute atomic E-state index is 14.8. The Morgan fingerprint density at radius 1 is 1.00 bits per heavy atom. The lowest BCUT2D eigenvalue weighted by atomic mass is 9.85. The van der Waals surface area contributed by atoms with Crippen molar-refractivity contribution < 1.29 is 17.6 Å². The van der Waals surface area contributed by atoms with Gasteiger partial charge in [-0.05, 0) is 76.1 Å². The van der Waals surface area contributed by atoms with Crippen LogP contribution in [-0.2, 0) is 21.2 Å². The predicted octanol–water partition coefficient (Wildman–Crippen LogP) is 5.50. The Morgan fingerprint density at radius 3 is 2.29 bits per heavy atom. The number of hydrogen-bond acceptors (Lipinski definition) is 4. The SMILES string of the molecule is Cc1ccc(S(=O)(=O)[C@@H]2CCC[C@H]2C(=O)N(Cc2ccc(C)cc2F)C2CCC(C#N)CC2)cc1. The van der Waals surface area contributed by atoms with Crippen LogP contribution in [0.4, 0.5) is 4.39 Å². The monoisotopic (exact) mass is 496 g/mol. The number of sulfone groups is 1. The van der Waals surface area contributed by atoms with Gasteiger partial charge in [0.15, 0.2) is 9.84 Å². The molecule has 2 aromatic carbocycles. The lowest BCUT2D eigenvalue weighted by molar-refractivity contribution is -0.139. The van der Waals surface area contributed by atoms with Crippen LogP contribution in [0.2, 0.25) is 0 Å². The largest absolute Gasteiger partial charge is 0.335 e. The number of aryl methyl sites for hydroxylation is 2. The molecular formula is C28H33FN2O3S. The van der Waals surface area contributed by atoms with Gasteiger partial charge in [-0.3, -0.25) is 4.79 Å². The van der Waals surface area contributed by atoms with Gasteiger partial charge < -0.3 is 4.90 Å². The molecule has 0 aliphatic heterocycles. The van der Waals surface area contributed by atoms with Gasteiger partial charge in [0.1, 0.15) is 5.82 Å². The Morgan fingerprint density at radius 2 is 1.66 bits per heavy atom. The molecule has 1 amide bonds. The second kappa shape index (κ2) is 10.5. The van der Waals surface area contributed by atoms with Gasteiger partial charge in [-0.15, -0.1) is 0 Å². The summed E-state index contributed by atoms with van der Waals surface area (Å²) in [6, 6.07) is 14.0. The summed E-state index contributed by atoms with van der Waals surface area (Å²) in [4.78, 5) is 16.0. The molecule has 0 spiro atoms. The minimum Gasteiger partial charge on any atom is -0.335 e. The van der Waals surface area contributed by atoms with Gasteiger partial charge in [0.2, 0.25) is 5.91 Å². The van der Waals surface area contributed by atoms with Gasteiger partial charge >= 0.3 is 0 Å². The maximum atomic E-state index is 14.8. The molecule has 2 aliphatic carbocycles. The first-order chi connectivity index (χ1) is 16.7. The predicted molar refractivity (Wildman–Crippen MR) is 133 cm³/mol. The van der Waals surface area contributed by atoms with E-state index in [-0.39, 0.29) is 35.1 Å². The molecule has 0 radical (unpaired) electrons. The number of nitriles is 1. The molecule has 0 unspecified atom stereocenters. The summed E-state index contributed by atoms with van der Waals surface area (Å²) in [6.45, 7) is 3.83. The van der Waals surface area contributed by atoms with E-state index in [0.29, 0.717) is 50.5 Å². The Bertz CT molecular complexity index is 1210. The highest BCUT2D eigenvalue weighted by atomic mass is 32.2. The van der Waals surface area contributed by atoms with Crippen molar-refractivity contribution in [1.82, 2.24) is 4.90 Å². The third-order valence-electron chi connectivity index (χ3n) is 7.67. The van der Waals surface area contributed by atoms with Crippen LogP contribution in [0.15, 0.2) is 47.4 Å². The van der Waals surface area contributed by atoms with Crippen LogP contribution >= 0.6 is 0 Å². The van der Waals surface area contributed by atoms with E-state index >= 15 is 0 Å². The molecule has 2 atom stereocenters. The molecule has 2 fully saturated rings. The zero-order valence-corrected chi connectivity index (χ0v) is 21.2. The van der Waals surface area contributed by atoms with E-state index in [2.05, 4.69) is 6.07 Å². The van der Waals surface area contributed by atoms with Crippen molar-refractivity contribution in [1.29, 1.82) is 5.26 Å². The Hall–Kier alpha value is -2.72. The van der Waals surface area contributed by atoms with Crippen molar-refractivity contribution in [3.05, 3.63) is 65.0 Å². The topological polar surface area (TPSA) is 78.2 Å². The van der Waals surface area contributed by atoms with Crippen molar-refractivity contribution in [2.24, 2.45) is 11.8 Å². The lowest BCUT2D eigenvalue weighted by Gasteiger charge is -2.38. The molecule has 2 saturated carbocycles. The molecule has 186 valence electrons. The van der Waals surface area contributed by atoms with Crippen molar-refractivity contribution >= 4 is 15.7 Å². The number of amides is 1. The van der Waals surface area contributed by atoms with Crippen molar-refractivity contribution in [3.8, 4) is 6.07 Å². The van der Waals surface area contributed by atoms with Crippen LogP contribution in [-0.4, -0.2) is 30.5 Å². The average Bonchev–Trinajstić information content (AvgIpc) is 3.35. The fourth-order valence-electron chi connectivity index (χ4n) is 5.56. The van der Waals surface area contributed by atoms with E-state index in [0.717, 1.165) is 11.1 Å². The van der Waals surface area contributed by atoms with Crippen LogP contribution in [0.1, 0.15) is 61.6 Å². The first-order valence-corrected chi connectivity index (χ1v) is 14.0. The minimum atomic E-state index is -3.68. The molecule has 5 nitrogen and oxygen atoms in total. The van der Waals surface area contributed by atoms with Gasteiger partial charge in [0.25, 0.3) is 0 Å². The third kappa shape index (κ3) is 5.43. The van der Waals surface area contributed by atoms with Gasteiger partial charge in [0, 0.05) is 24.1 Å². The van der Waals surface area contributed by atoms with Gasteiger partial charge in [-0.2, -0.15) is 5.26 Å². The molecule has 4 rings (SSSR count). The Labute approximate surface area is 207 Å². The average molecular weight is 497 g/mol. The fraction of sp³-hybridized carbons (Fsp3) is 0.500. The van der Waals surface area contributed by atoms with E-state index in [1.165, 1.54) is 6.07 Å². The van der Waals surface area contributed by atoms with Crippen molar-refractivity contribution in [3.63, 3.8) is 0 Å². The van der Waals surface area contributed by atoms with Crippen LogP contribution < -0.4 is 0 Å². The summed E-state index contributed by atoms with van der Waals surface area (Å²) in [7, 11) is -3.68. The summed E-state index contributed by atoms with van der Waals surface area (Å²) >= 11 is 0. The van der Waals surface area contributed by atoms with Gasteiger partial charge in [-0.25, -0.2) is 12.8 Å². The lowest BCUT2D eigenvalue weighted by Crippen LogP contribution is -2.47. The summed E-state index contributed by atoms with van der Waals surface area (Å²) < 4.78 is 41.8. The number of carbonyl (C=O) groups excluding carboxylic acids is 1. The normalized spacial score (nSPS) is 24.6. The zero-order chi connectivity index (χ0) is 25.2. The molecule has 2 aliphatic rings. The number of benzene rings is 2. The van der Waals surface area contributed by atoms with E-state index < -0.39 is 21.0 Å². The highest BCUT2D eigenvalue weighted by molar-refractivity contribution is 7.92. The van der Waals surface area contributed by atoms with Crippen LogP contribution in [0.3, 0.4) is 0 Å². The first kappa shape index (κ1) is 25.4. The highest BCUT2D eigenvalue weighted by Gasteiger charge is 2.45. The van der Waals surface area contributed by atoms with E-state index in [1.54, 1.807) is 35.2 Å². The van der Waals surface area contributed by atoms with Crippen molar-refractivity contribution in [2.45, 2.75) is 81.5 Å². The number of carbonyl (C=O) groups is 1. The summed E-state index contributed by atoms with van der Waals surface area (Å²) in [5.74, 6) is -1.24. The van der Waals surface area contributed by atoms with Crippen LogP contribution in [0.25, 0.3) is 0 Å². The van der Waals surface area contributed by atoms with E-state index in [9.17, 15) is 22.9 Å². The minimum absolute atomic E-state index is 0.0274. The summed E-state index contributed by atoms with van der Waals surface area (Å²) in [5.41, 5.74) is 2.21. The molecule has 0 N–H and O–H groups in total. The molecule has 2 aromatic rings. The molecule has 0 heterocycles. The van der Waals surface area contributed by atoms with Crippen LogP contribution in [0.5, 0.6) is 0 Å². The first-order valence-electron chi connectivity index (χ1n) is 12.5. The Balaban J connectivity index is 1.63. The number of hydrogen-bond donors (Lipinski definition) is 0. The van der Waals surface area contributed by atoms with Crippen molar-refractivity contribution in [2.75, 3.05) is 0 Å². The zero-order valence-electron chi connectivity index (χ0n) is 20.4. The number of nitrogens with zero attached hydrogens (tertiary/aromatic N) is 2. The number of rotatable bonds is 6. The van der Waals surface area contributed by atoms with E-state index in [4.69, 9.17) is 0 Å². The maximum Gasteiger partial charge on any atom is 0.227 e. The fourth-order valence-corrected chi connectivity index (χ4v) is 7.59. The van der Waals surface area contributed by atoms with Crippen LogP contribution in [0, 0.1) is 42.8 Å². The quantitative estimate of drug-likeness (QED) is 0.529. The smallest absolute Gasteiger partial charge is 0.227 e. The highest BCUT2D eigenvalue weighted by Crippen LogP contribution is 2.38. The van der Waals surface area contributed by atoms with Gasteiger partial charge in [-0.1, -0.05) is 36.2 Å². The van der Waals surface area contributed by atoms with E-state index in [1.807, 2.05) is 19.9 Å². The molecule has 35 heavy (non-hydrogen) atoms. The molecular weight excluding hydrogens is 463 g/mol. The second-order valence-electron chi connectivity index (χ2n) is 10.1. The number of halogens is 1. The Kier molecular flexibility index (Phi) is 7.61. The summed E-state index contributed by atoms with van der Waals surface area (Å²) in [5, 5.41) is 8.52. The molecule has 0 saturated heterocycles. The van der Waals surface area contributed by atoms with Gasteiger partial charge in [0.05, 0.1) is 22.1 Å². The third-order valence-corrected chi connectivity index (χ3v) is 9.96. The standard InChI is InChI=1S/C28H33FN2O3S/c1-19-7-14-24(15-8-19)35(33,34)27-5-3-4-25(27)28(32)31(23-12-9-21(17-30)10-13-23)18-22-11-6-20(2)16-26(22)29/h6-8,11,14-16,21,23,25,27H,3-5,9-10,12-13,18H2,1-2H3/t21?,23?,25-,27-/m1/s1. The molecule has 0 aromatic heterocycles. The summed E-state index contributed by atoms with van der Waals surface area (Å²) in [6.07, 6.45) is 4.34.